The van der Waals surface area contributed by atoms with Crippen LogP contribution >= 0.6 is 11.8 Å². The molecule has 5 rings (SSSR count). The first-order chi connectivity index (χ1) is 18.8. The normalized spacial score (nSPS) is 11.3. The summed E-state index contributed by atoms with van der Waals surface area (Å²) in [5, 5.41) is 3.63. The molecule has 0 unspecified atom stereocenters. The zero-order valence-corrected chi connectivity index (χ0v) is 22.4. The van der Waals surface area contributed by atoms with Gasteiger partial charge in [-0.25, -0.2) is 18.4 Å². The molecule has 2 aromatic heterocycles. The van der Waals surface area contributed by atoms with Gasteiger partial charge in [-0.15, -0.1) is 0 Å². The molecule has 2 N–H and O–H groups in total. The molecule has 0 saturated heterocycles. The van der Waals surface area contributed by atoms with Crippen LogP contribution in [0, 0.1) is 6.92 Å². The minimum absolute atomic E-state index is 0.0159. The number of fused-ring (bicyclic) bond motifs is 1. The van der Waals surface area contributed by atoms with Crippen LogP contribution < -0.4 is 15.6 Å². The van der Waals surface area contributed by atoms with Crippen molar-refractivity contribution in [3.63, 3.8) is 0 Å². The third-order valence-corrected chi connectivity index (χ3v) is 8.03. The number of thioether (sulfide) groups is 1. The average Bonchev–Trinajstić information content (AvgIpc) is 2.93. The molecule has 0 saturated carbocycles. The first-order valence-corrected chi connectivity index (χ1v) is 14.3. The number of aryl methyl sites for hydroxylation is 1. The van der Waals surface area contributed by atoms with E-state index >= 15 is 0 Å². The number of aromatic nitrogens is 3. The number of anilines is 2. The average molecular weight is 558 g/mol. The van der Waals surface area contributed by atoms with Gasteiger partial charge < -0.3 is 5.32 Å². The van der Waals surface area contributed by atoms with Crippen LogP contribution in [-0.4, -0.2) is 34.6 Å². The van der Waals surface area contributed by atoms with E-state index < -0.39 is 10.0 Å². The van der Waals surface area contributed by atoms with Crippen molar-refractivity contribution in [2.24, 2.45) is 0 Å². The highest BCUT2D eigenvalue weighted by molar-refractivity contribution is 7.99. The molecule has 3 aromatic carbocycles. The topological polar surface area (TPSA) is 123 Å². The Labute approximate surface area is 229 Å². The highest BCUT2D eigenvalue weighted by atomic mass is 32.2. The maximum absolute atomic E-state index is 13.3. The van der Waals surface area contributed by atoms with E-state index in [0.717, 1.165) is 17.3 Å². The summed E-state index contributed by atoms with van der Waals surface area (Å²) >= 11 is 1.14. The largest absolute Gasteiger partial charge is 0.325 e. The maximum atomic E-state index is 13.3. The lowest BCUT2D eigenvalue weighted by Crippen LogP contribution is -2.23. The van der Waals surface area contributed by atoms with E-state index in [-0.39, 0.29) is 27.9 Å². The molecule has 1 amide bonds. The van der Waals surface area contributed by atoms with Gasteiger partial charge in [0.05, 0.1) is 27.2 Å². The number of hydrogen-bond acceptors (Lipinski definition) is 7. The van der Waals surface area contributed by atoms with Gasteiger partial charge in [-0.3, -0.25) is 18.9 Å². The molecule has 0 aliphatic rings. The minimum Gasteiger partial charge on any atom is -0.325 e. The van der Waals surface area contributed by atoms with E-state index in [2.05, 4.69) is 20.0 Å². The number of carbonyl (C=O) groups excluding carboxylic acids is 1. The molecule has 11 heteroatoms. The number of benzene rings is 3. The summed E-state index contributed by atoms with van der Waals surface area (Å²) in [6.45, 7) is 1.96. The van der Waals surface area contributed by atoms with Gasteiger partial charge in [0.2, 0.25) is 5.91 Å². The van der Waals surface area contributed by atoms with Gasteiger partial charge in [-0.1, -0.05) is 47.7 Å². The molecule has 9 nitrogen and oxygen atoms in total. The summed E-state index contributed by atoms with van der Waals surface area (Å²) in [7, 11) is -3.83. The van der Waals surface area contributed by atoms with E-state index in [1.54, 1.807) is 36.4 Å². The number of rotatable bonds is 8. The Kier molecular flexibility index (Phi) is 7.44. The first kappa shape index (κ1) is 26.1. The van der Waals surface area contributed by atoms with Crippen LogP contribution in [0.25, 0.3) is 16.6 Å². The predicted octanol–water partition coefficient (Wildman–Crippen LogP) is 4.62. The van der Waals surface area contributed by atoms with Crippen molar-refractivity contribution in [1.29, 1.82) is 0 Å². The molecule has 39 heavy (non-hydrogen) atoms. The Morgan fingerprint density at radius 3 is 2.36 bits per heavy atom. The molecule has 0 spiro atoms. The lowest BCUT2D eigenvalue weighted by Gasteiger charge is -2.13. The second-order valence-corrected chi connectivity index (χ2v) is 11.2. The number of hydrogen-bond donors (Lipinski definition) is 2. The molecule has 0 fully saturated rings. The van der Waals surface area contributed by atoms with Crippen LogP contribution in [0.15, 0.2) is 112 Å². The van der Waals surface area contributed by atoms with Gasteiger partial charge in [-0.05, 0) is 67.6 Å². The summed E-state index contributed by atoms with van der Waals surface area (Å²) in [6, 6.07) is 25.3. The SMILES string of the molecule is Cc1ccc(-n2c(SCC(=O)Nc3ccc(S(=O)(=O)Nc4ccccn4)cc3)nc3ccccc3c2=O)cc1. The fourth-order valence-corrected chi connectivity index (χ4v) is 5.62. The lowest BCUT2D eigenvalue weighted by molar-refractivity contribution is -0.113. The van der Waals surface area contributed by atoms with Crippen molar-refractivity contribution in [3.8, 4) is 5.69 Å². The zero-order chi connectivity index (χ0) is 27.4. The van der Waals surface area contributed by atoms with Gasteiger partial charge in [0.1, 0.15) is 5.82 Å². The van der Waals surface area contributed by atoms with Gasteiger partial charge >= 0.3 is 0 Å². The van der Waals surface area contributed by atoms with Crippen LogP contribution in [0.2, 0.25) is 0 Å². The second-order valence-electron chi connectivity index (χ2n) is 8.57. The summed E-state index contributed by atoms with van der Waals surface area (Å²) in [4.78, 5) is 34.8. The molecule has 5 aromatic rings. The highest BCUT2D eigenvalue weighted by Gasteiger charge is 2.17. The Morgan fingerprint density at radius 1 is 0.923 bits per heavy atom. The zero-order valence-electron chi connectivity index (χ0n) is 20.7. The Hall–Kier alpha value is -4.48. The van der Waals surface area contributed by atoms with Gasteiger partial charge in [0, 0.05) is 11.9 Å². The summed E-state index contributed by atoms with van der Waals surface area (Å²) in [6.07, 6.45) is 1.49. The van der Waals surface area contributed by atoms with Crippen LogP contribution in [0.3, 0.4) is 0 Å². The number of amides is 1. The second kappa shape index (κ2) is 11.1. The monoisotopic (exact) mass is 557 g/mol. The summed E-state index contributed by atoms with van der Waals surface area (Å²) in [5.74, 6) is -0.142. The molecular weight excluding hydrogens is 534 g/mol. The number of nitrogens with one attached hydrogen (secondary N) is 2. The molecule has 0 aliphatic heterocycles. The Balaban J connectivity index is 1.32. The molecule has 196 valence electrons. The van der Waals surface area contributed by atoms with Gasteiger partial charge in [0.25, 0.3) is 15.6 Å². The Bertz CT molecular complexity index is 1810. The third-order valence-electron chi connectivity index (χ3n) is 5.72. The minimum atomic E-state index is -3.83. The molecule has 0 radical (unpaired) electrons. The van der Waals surface area contributed by atoms with Crippen molar-refractivity contribution in [2.45, 2.75) is 17.0 Å². The van der Waals surface area contributed by atoms with Crippen molar-refractivity contribution in [2.75, 3.05) is 15.8 Å². The quantitative estimate of drug-likeness (QED) is 0.211. The highest BCUT2D eigenvalue weighted by Crippen LogP contribution is 2.23. The maximum Gasteiger partial charge on any atom is 0.266 e. The van der Waals surface area contributed by atoms with Crippen molar-refractivity contribution in [3.05, 3.63) is 113 Å². The molecular formula is C28H23N5O4S2. The van der Waals surface area contributed by atoms with Crippen molar-refractivity contribution in [1.82, 2.24) is 14.5 Å². The van der Waals surface area contributed by atoms with Crippen molar-refractivity contribution >= 4 is 50.1 Å². The van der Waals surface area contributed by atoms with E-state index in [0.29, 0.717) is 27.4 Å². The van der Waals surface area contributed by atoms with Crippen LogP contribution in [0.5, 0.6) is 0 Å². The standard InChI is InChI=1S/C28H23N5O4S2/c1-19-9-13-21(14-10-19)33-27(35)23-6-2-3-7-24(23)31-28(33)38-18-26(34)30-20-11-15-22(16-12-20)39(36,37)32-25-8-4-5-17-29-25/h2-17H,18H2,1H3,(H,29,32)(H,30,34). The third kappa shape index (κ3) is 6.00. The predicted molar refractivity (Wildman–Crippen MR) is 153 cm³/mol. The van der Waals surface area contributed by atoms with E-state index in [9.17, 15) is 18.0 Å². The summed E-state index contributed by atoms with van der Waals surface area (Å²) in [5.41, 5.74) is 2.47. The first-order valence-electron chi connectivity index (χ1n) is 11.9. The molecule has 0 bridgehead atoms. The van der Waals surface area contributed by atoms with Crippen LogP contribution in [0.1, 0.15) is 5.56 Å². The summed E-state index contributed by atoms with van der Waals surface area (Å²) < 4.78 is 29.1. The van der Waals surface area contributed by atoms with E-state index in [1.807, 2.05) is 37.3 Å². The molecule has 2 heterocycles. The van der Waals surface area contributed by atoms with E-state index in [4.69, 9.17) is 0 Å². The fourth-order valence-electron chi connectivity index (χ4n) is 3.80. The fraction of sp³-hybridized carbons (Fsp3) is 0.0714. The van der Waals surface area contributed by atoms with Crippen molar-refractivity contribution < 1.29 is 13.2 Å². The number of para-hydroxylation sites is 1. The van der Waals surface area contributed by atoms with Gasteiger partial charge in [-0.2, -0.15) is 0 Å². The number of carbonyl (C=O) groups is 1. The number of pyridine rings is 1. The van der Waals surface area contributed by atoms with Crippen LogP contribution in [0.4, 0.5) is 11.5 Å². The Morgan fingerprint density at radius 2 is 1.64 bits per heavy atom. The van der Waals surface area contributed by atoms with Gasteiger partial charge in [0.15, 0.2) is 5.16 Å². The lowest BCUT2D eigenvalue weighted by atomic mass is 10.2. The number of sulfonamides is 1. The smallest absolute Gasteiger partial charge is 0.266 e. The van der Waals surface area contributed by atoms with E-state index in [1.165, 1.54) is 35.0 Å². The molecule has 0 aliphatic carbocycles. The van der Waals surface area contributed by atoms with Crippen LogP contribution in [-0.2, 0) is 14.8 Å². The number of nitrogens with zero attached hydrogens (tertiary/aromatic N) is 3. The molecule has 0 atom stereocenters.